The van der Waals surface area contributed by atoms with Gasteiger partial charge in [-0.2, -0.15) is 0 Å². The Morgan fingerprint density at radius 1 is 1.20 bits per heavy atom. The molecule has 128 valence electrons. The van der Waals surface area contributed by atoms with Crippen LogP contribution in [0.2, 0.25) is 0 Å². The van der Waals surface area contributed by atoms with E-state index in [1.165, 1.54) is 0 Å². The minimum absolute atomic E-state index is 0.792. The second-order valence-corrected chi connectivity index (χ2v) is 7.16. The van der Waals surface area contributed by atoms with Crippen LogP contribution in [0.4, 0.5) is 5.13 Å². The molecule has 0 atom stereocenters. The summed E-state index contributed by atoms with van der Waals surface area (Å²) >= 11 is 3.14. The maximum atomic E-state index is 4.73. The Labute approximate surface area is 153 Å². The fourth-order valence-corrected chi connectivity index (χ4v) is 4.05. The van der Waals surface area contributed by atoms with E-state index in [1.54, 1.807) is 29.0 Å². The number of hydrogen-bond donors (Lipinski definition) is 2. The lowest BCUT2D eigenvalue weighted by Crippen LogP contribution is -2.35. The van der Waals surface area contributed by atoms with Crippen molar-refractivity contribution in [3.63, 3.8) is 0 Å². The first kappa shape index (κ1) is 16.1. The number of guanidine groups is 1. The smallest absolute Gasteiger partial charge is 0.197 e. The summed E-state index contributed by atoms with van der Waals surface area (Å²) in [6.45, 7) is 3.88. The van der Waals surface area contributed by atoms with Crippen molar-refractivity contribution in [3.8, 4) is 22.0 Å². The van der Waals surface area contributed by atoms with Crippen molar-refractivity contribution in [2.24, 2.45) is 4.99 Å². The molecule has 0 unspecified atom stereocenters. The summed E-state index contributed by atoms with van der Waals surface area (Å²) in [6, 6.07) is 0. The topological polar surface area (TPSA) is 88.0 Å². The van der Waals surface area contributed by atoms with Gasteiger partial charge >= 0.3 is 0 Å². The fraction of sp³-hybridized carbons (Fsp3) is 0.312. The molecule has 2 N–H and O–H groups in total. The molecule has 4 rings (SSSR count). The minimum atomic E-state index is 0.792. The Morgan fingerprint density at radius 3 is 2.92 bits per heavy atom. The minimum Gasteiger partial charge on any atom is -0.356 e. The van der Waals surface area contributed by atoms with E-state index in [9.17, 15) is 0 Å². The summed E-state index contributed by atoms with van der Waals surface area (Å²) in [7, 11) is 0. The van der Waals surface area contributed by atoms with E-state index < -0.39 is 0 Å². The average molecular weight is 371 g/mol. The van der Waals surface area contributed by atoms with Gasteiger partial charge in [-0.05, 0) is 12.8 Å². The van der Waals surface area contributed by atoms with Gasteiger partial charge in [0.05, 0.1) is 11.3 Å². The number of hydrogen-bond acceptors (Lipinski definition) is 9. The van der Waals surface area contributed by atoms with E-state index in [2.05, 4.69) is 37.5 Å². The molecule has 0 aromatic carbocycles. The van der Waals surface area contributed by atoms with Crippen LogP contribution in [0.25, 0.3) is 22.0 Å². The van der Waals surface area contributed by atoms with E-state index in [1.807, 2.05) is 17.0 Å². The lowest BCUT2D eigenvalue weighted by atomic mass is 10.2. The Hall–Kier alpha value is -2.39. The molecule has 7 nitrogen and oxygen atoms in total. The summed E-state index contributed by atoms with van der Waals surface area (Å²) < 4.78 is 0. The first-order chi connectivity index (χ1) is 12.3. The highest BCUT2D eigenvalue weighted by Gasteiger charge is 2.14. The molecule has 0 fully saturated rings. The second kappa shape index (κ2) is 7.24. The van der Waals surface area contributed by atoms with Crippen LogP contribution in [0.5, 0.6) is 0 Å². The van der Waals surface area contributed by atoms with Crippen molar-refractivity contribution in [2.75, 3.05) is 18.4 Å². The van der Waals surface area contributed by atoms with Gasteiger partial charge in [0.2, 0.25) is 0 Å². The van der Waals surface area contributed by atoms with Gasteiger partial charge in [-0.3, -0.25) is 4.99 Å². The van der Waals surface area contributed by atoms with Gasteiger partial charge in [0.1, 0.15) is 22.7 Å². The summed E-state index contributed by atoms with van der Waals surface area (Å²) in [5.41, 5.74) is 3.74. The van der Waals surface area contributed by atoms with Crippen LogP contribution in [0.3, 0.4) is 0 Å². The fourth-order valence-electron chi connectivity index (χ4n) is 2.50. The molecule has 4 heterocycles. The van der Waals surface area contributed by atoms with Crippen LogP contribution in [0.1, 0.15) is 19.0 Å². The summed E-state index contributed by atoms with van der Waals surface area (Å²) in [5.74, 6) is 0.792. The molecule has 3 aromatic heterocycles. The zero-order chi connectivity index (χ0) is 17.1. The van der Waals surface area contributed by atoms with E-state index >= 15 is 0 Å². The van der Waals surface area contributed by atoms with E-state index in [0.717, 1.165) is 64.7 Å². The Morgan fingerprint density at radius 2 is 2.08 bits per heavy atom. The number of thiazole rings is 2. The molecule has 0 saturated carbocycles. The van der Waals surface area contributed by atoms with Gasteiger partial charge in [-0.1, -0.05) is 6.92 Å². The van der Waals surface area contributed by atoms with Gasteiger partial charge in [0.25, 0.3) is 0 Å². The second-order valence-electron chi connectivity index (χ2n) is 5.45. The van der Waals surface area contributed by atoms with Gasteiger partial charge < -0.3 is 10.6 Å². The van der Waals surface area contributed by atoms with Crippen LogP contribution in [0.15, 0.2) is 28.3 Å². The highest BCUT2D eigenvalue weighted by Crippen LogP contribution is 2.31. The highest BCUT2D eigenvalue weighted by molar-refractivity contribution is 7.14. The van der Waals surface area contributed by atoms with Crippen LogP contribution >= 0.6 is 22.7 Å². The standard InChI is InChI=1S/C16H17N7S2/c1-2-11-10(6-17-9-20-11)14-21-12(7-24-14)13-8-25-16(22-13)23-15-18-4-3-5-19-15/h6-9H,2-5H2,1H3,(H2,18,19,22,23). The normalized spacial score (nSPS) is 14.0. The maximum Gasteiger partial charge on any atom is 0.197 e. The lowest BCUT2D eigenvalue weighted by Gasteiger charge is -2.13. The number of aryl methyl sites for hydroxylation is 1. The molecular formula is C16H17N7S2. The number of rotatable bonds is 4. The first-order valence-electron chi connectivity index (χ1n) is 8.09. The highest BCUT2D eigenvalue weighted by atomic mass is 32.1. The number of aromatic nitrogens is 4. The molecule has 25 heavy (non-hydrogen) atoms. The monoisotopic (exact) mass is 371 g/mol. The van der Waals surface area contributed by atoms with E-state index in [4.69, 9.17) is 4.98 Å². The lowest BCUT2D eigenvalue weighted by molar-refractivity contribution is 0.740. The Balaban J connectivity index is 1.55. The third kappa shape index (κ3) is 3.52. The average Bonchev–Trinajstić information content (AvgIpc) is 3.32. The molecule has 1 aliphatic heterocycles. The largest absolute Gasteiger partial charge is 0.356 e. The third-order valence-corrected chi connectivity index (χ3v) is 5.39. The van der Waals surface area contributed by atoms with Gasteiger partial charge in [0.15, 0.2) is 11.1 Å². The molecule has 0 bridgehead atoms. The summed E-state index contributed by atoms with van der Waals surface area (Å²) in [4.78, 5) is 22.2. The van der Waals surface area contributed by atoms with Crippen molar-refractivity contribution in [3.05, 3.63) is 29.0 Å². The number of nitrogens with one attached hydrogen (secondary N) is 2. The van der Waals surface area contributed by atoms with Crippen LogP contribution in [-0.2, 0) is 6.42 Å². The van der Waals surface area contributed by atoms with Crippen LogP contribution in [-0.4, -0.2) is 39.0 Å². The molecule has 0 spiro atoms. The molecule has 0 radical (unpaired) electrons. The first-order valence-corrected chi connectivity index (χ1v) is 9.85. The molecule has 3 aromatic rings. The molecule has 0 saturated heterocycles. The quantitative estimate of drug-likeness (QED) is 0.733. The molecule has 0 amide bonds. The zero-order valence-corrected chi connectivity index (χ0v) is 15.3. The third-order valence-electron chi connectivity index (χ3n) is 3.75. The Kier molecular flexibility index (Phi) is 4.66. The van der Waals surface area contributed by atoms with Crippen molar-refractivity contribution in [1.29, 1.82) is 0 Å². The predicted molar refractivity (Wildman–Crippen MR) is 102 cm³/mol. The molecule has 0 aliphatic carbocycles. The SMILES string of the molecule is CCc1ncncc1-c1nc(-c2csc(NC3=NCCCN3)n2)cs1. The zero-order valence-electron chi connectivity index (χ0n) is 13.7. The van der Waals surface area contributed by atoms with Crippen molar-refractivity contribution in [1.82, 2.24) is 25.3 Å². The van der Waals surface area contributed by atoms with Crippen molar-refractivity contribution < 1.29 is 0 Å². The van der Waals surface area contributed by atoms with E-state index in [0.29, 0.717) is 0 Å². The summed E-state index contributed by atoms with van der Waals surface area (Å²) in [5, 5.41) is 12.2. The van der Waals surface area contributed by atoms with Crippen LogP contribution < -0.4 is 10.6 Å². The van der Waals surface area contributed by atoms with Crippen molar-refractivity contribution in [2.45, 2.75) is 19.8 Å². The Bertz CT molecular complexity index is 899. The number of nitrogens with zero attached hydrogens (tertiary/aromatic N) is 5. The molecule has 1 aliphatic rings. The summed E-state index contributed by atoms with van der Waals surface area (Å²) in [6.07, 6.45) is 5.33. The maximum absolute atomic E-state index is 4.73. The van der Waals surface area contributed by atoms with Gasteiger partial charge in [-0.25, -0.2) is 19.9 Å². The van der Waals surface area contributed by atoms with Gasteiger partial charge in [-0.15, -0.1) is 22.7 Å². The van der Waals surface area contributed by atoms with Gasteiger partial charge in [0, 0.05) is 30.0 Å². The number of anilines is 1. The van der Waals surface area contributed by atoms with E-state index in [-0.39, 0.29) is 0 Å². The van der Waals surface area contributed by atoms with Crippen LogP contribution in [0, 0.1) is 0 Å². The predicted octanol–water partition coefficient (Wildman–Crippen LogP) is 3.05. The molecule has 9 heteroatoms. The molecular weight excluding hydrogens is 354 g/mol. The number of aliphatic imine (C=N–C) groups is 1. The van der Waals surface area contributed by atoms with Crippen molar-refractivity contribution >= 4 is 33.8 Å².